The average molecular weight is 242 g/mol. The molecular formula is C11H18N2O4. The number of hydrogen-bond acceptors (Lipinski definition) is 5. The molecule has 0 aromatic carbocycles. The number of nitrogens with two attached hydrogens (primary N) is 1. The van der Waals surface area contributed by atoms with E-state index in [4.69, 9.17) is 10.5 Å². The van der Waals surface area contributed by atoms with Gasteiger partial charge in [-0.15, -0.1) is 0 Å². The molecule has 0 aromatic heterocycles. The molecule has 0 bridgehead atoms. The average Bonchev–Trinajstić information content (AvgIpc) is 2.16. The van der Waals surface area contributed by atoms with Crippen LogP contribution >= 0.6 is 0 Å². The monoisotopic (exact) mass is 242 g/mol. The van der Waals surface area contributed by atoms with Crippen molar-refractivity contribution in [2.75, 3.05) is 6.54 Å². The molecule has 1 aliphatic rings. The number of ether oxygens (including phenoxy) is 1. The van der Waals surface area contributed by atoms with Crippen molar-refractivity contribution >= 4 is 17.8 Å². The van der Waals surface area contributed by atoms with E-state index in [2.05, 4.69) is 0 Å². The zero-order chi connectivity index (χ0) is 13.2. The van der Waals surface area contributed by atoms with Crippen LogP contribution in [0.5, 0.6) is 0 Å². The maximum atomic E-state index is 11.6. The van der Waals surface area contributed by atoms with Gasteiger partial charge in [-0.1, -0.05) is 0 Å². The molecule has 0 aromatic rings. The molecule has 1 rings (SSSR count). The summed E-state index contributed by atoms with van der Waals surface area (Å²) in [5.41, 5.74) is 4.90. The molecule has 0 radical (unpaired) electrons. The number of esters is 1. The van der Waals surface area contributed by atoms with E-state index in [1.54, 1.807) is 20.8 Å². The summed E-state index contributed by atoms with van der Waals surface area (Å²) >= 11 is 0. The van der Waals surface area contributed by atoms with Crippen LogP contribution in [0.15, 0.2) is 0 Å². The molecular weight excluding hydrogens is 224 g/mol. The van der Waals surface area contributed by atoms with Gasteiger partial charge < -0.3 is 10.5 Å². The van der Waals surface area contributed by atoms with Crippen molar-refractivity contribution in [1.29, 1.82) is 0 Å². The van der Waals surface area contributed by atoms with E-state index in [0.717, 1.165) is 4.90 Å². The number of imide groups is 1. The SMILES string of the molecule is CC(C)(C)OC(=O)CN1C(=O)CCC(N)C1=O. The third-order valence-electron chi connectivity index (χ3n) is 2.26. The minimum absolute atomic E-state index is 0.190. The standard InChI is InChI=1S/C11H18N2O4/c1-11(2,3)17-9(15)6-13-8(14)5-4-7(12)10(13)16/h7H,4-6,12H2,1-3H3. The van der Waals surface area contributed by atoms with E-state index in [1.807, 2.05) is 0 Å². The summed E-state index contributed by atoms with van der Waals surface area (Å²) in [7, 11) is 0. The Kier molecular flexibility index (Phi) is 3.87. The Hall–Kier alpha value is -1.43. The Morgan fingerprint density at radius 2 is 2.06 bits per heavy atom. The molecule has 6 heteroatoms. The van der Waals surface area contributed by atoms with Gasteiger partial charge in [0.25, 0.3) is 0 Å². The first-order valence-electron chi connectivity index (χ1n) is 5.52. The Morgan fingerprint density at radius 1 is 1.47 bits per heavy atom. The van der Waals surface area contributed by atoms with Gasteiger partial charge in [0, 0.05) is 6.42 Å². The summed E-state index contributed by atoms with van der Waals surface area (Å²) in [6.45, 7) is 4.80. The molecule has 96 valence electrons. The maximum Gasteiger partial charge on any atom is 0.326 e. The van der Waals surface area contributed by atoms with Crippen LogP contribution in [-0.2, 0) is 19.1 Å². The number of nitrogens with zero attached hydrogens (tertiary/aromatic N) is 1. The summed E-state index contributed by atoms with van der Waals surface area (Å²) < 4.78 is 5.05. The first kappa shape index (κ1) is 13.6. The molecule has 1 atom stereocenters. The lowest BCUT2D eigenvalue weighted by molar-refractivity contribution is -0.164. The summed E-state index contributed by atoms with van der Waals surface area (Å²) in [5.74, 6) is -1.48. The number of amides is 2. The largest absolute Gasteiger partial charge is 0.459 e. The molecule has 0 saturated carbocycles. The number of hydrogen-bond donors (Lipinski definition) is 1. The number of likely N-dealkylation sites (tertiary alicyclic amines) is 1. The number of carbonyl (C=O) groups excluding carboxylic acids is 3. The highest BCUT2D eigenvalue weighted by Crippen LogP contribution is 2.13. The van der Waals surface area contributed by atoms with Crippen molar-refractivity contribution in [3.8, 4) is 0 Å². The summed E-state index contributed by atoms with van der Waals surface area (Å²) in [6.07, 6.45) is 0.526. The lowest BCUT2D eigenvalue weighted by atomic mass is 10.1. The first-order valence-corrected chi connectivity index (χ1v) is 5.52. The van der Waals surface area contributed by atoms with Gasteiger partial charge in [-0.05, 0) is 27.2 Å². The molecule has 0 aliphatic carbocycles. The highest BCUT2D eigenvalue weighted by Gasteiger charge is 2.34. The van der Waals surface area contributed by atoms with Crippen molar-refractivity contribution < 1.29 is 19.1 Å². The smallest absolute Gasteiger partial charge is 0.326 e. The molecule has 1 unspecified atom stereocenters. The molecule has 17 heavy (non-hydrogen) atoms. The minimum atomic E-state index is -0.699. The second kappa shape index (κ2) is 4.83. The highest BCUT2D eigenvalue weighted by atomic mass is 16.6. The third kappa shape index (κ3) is 3.81. The topological polar surface area (TPSA) is 89.7 Å². The van der Waals surface area contributed by atoms with E-state index in [-0.39, 0.29) is 18.9 Å². The summed E-state index contributed by atoms with van der Waals surface area (Å²) in [4.78, 5) is 35.5. The number of piperidine rings is 1. The van der Waals surface area contributed by atoms with Crippen molar-refractivity contribution in [2.45, 2.75) is 45.3 Å². The fraction of sp³-hybridized carbons (Fsp3) is 0.727. The van der Waals surface area contributed by atoms with Gasteiger partial charge in [0.05, 0.1) is 6.04 Å². The second-order valence-corrected chi connectivity index (χ2v) is 5.05. The predicted octanol–water partition coefficient (Wildman–Crippen LogP) is -0.196. The number of rotatable bonds is 2. The van der Waals surface area contributed by atoms with E-state index in [1.165, 1.54) is 0 Å². The van der Waals surface area contributed by atoms with Gasteiger partial charge in [-0.3, -0.25) is 19.3 Å². The molecule has 1 fully saturated rings. The van der Waals surface area contributed by atoms with Crippen LogP contribution in [0.2, 0.25) is 0 Å². The minimum Gasteiger partial charge on any atom is -0.459 e. The Balaban J connectivity index is 2.63. The summed E-state index contributed by atoms with van der Waals surface area (Å²) in [5, 5.41) is 0. The second-order valence-electron chi connectivity index (χ2n) is 5.05. The summed E-state index contributed by atoms with van der Waals surface area (Å²) in [6, 6.07) is -0.699. The van der Waals surface area contributed by atoms with Gasteiger partial charge in [0.1, 0.15) is 12.1 Å². The van der Waals surface area contributed by atoms with Crippen LogP contribution in [0.4, 0.5) is 0 Å². The van der Waals surface area contributed by atoms with Crippen molar-refractivity contribution in [1.82, 2.24) is 4.90 Å². The van der Waals surface area contributed by atoms with Crippen LogP contribution < -0.4 is 5.73 Å². The van der Waals surface area contributed by atoms with Crippen LogP contribution in [0.3, 0.4) is 0 Å². The molecule has 2 N–H and O–H groups in total. The molecule has 0 spiro atoms. The van der Waals surface area contributed by atoms with Crippen molar-refractivity contribution in [3.05, 3.63) is 0 Å². The molecule has 1 aliphatic heterocycles. The van der Waals surface area contributed by atoms with Gasteiger partial charge in [0.2, 0.25) is 11.8 Å². The van der Waals surface area contributed by atoms with Gasteiger partial charge in [0.15, 0.2) is 0 Å². The molecule has 6 nitrogen and oxygen atoms in total. The normalized spacial score (nSPS) is 21.6. The lowest BCUT2D eigenvalue weighted by Gasteiger charge is -2.29. The van der Waals surface area contributed by atoms with Crippen LogP contribution in [0, 0.1) is 0 Å². The quantitative estimate of drug-likeness (QED) is 0.535. The Bertz CT molecular complexity index is 346. The van der Waals surface area contributed by atoms with E-state index in [9.17, 15) is 14.4 Å². The molecule has 2 amide bonds. The van der Waals surface area contributed by atoms with Crippen molar-refractivity contribution in [3.63, 3.8) is 0 Å². The number of carbonyl (C=O) groups is 3. The Labute approximate surface area is 100 Å². The van der Waals surface area contributed by atoms with Crippen molar-refractivity contribution in [2.24, 2.45) is 5.73 Å². The van der Waals surface area contributed by atoms with Crippen LogP contribution in [0.1, 0.15) is 33.6 Å². The zero-order valence-electron chi connectivity index (χ0n) is 10.4. The molecule has 1 saturated heterocycles. The Morgan fingerprint density at radius 3 is 2.59 bits per heavy atom. The first-order chi connectivity index (χ1) is 7.70. The lowest BCUT2D eigenvalue weighted by Crippen LogP contribution is -2.53. The zero-order valence-corrected chi connectivity index (χ0v) is 10.4. The fourth-order valence-electron chi connectivity index (χ4n) is 1.53. The third-order valence-corrected chi connectivity index (χ3v) is 2.26. The highest BCUT2D eigenvalue weighted by molar-refractivity contribution is 6.02. The van der Waals surface area contributed by atoms with E-state index >= 15 is 0 Å². The van der Waals surface area contributed by atoms with Gasteiger partial charge in [-0.2, -0.15) is 0 Å². The van der Waals surface area contributed by atoms with Crippen LogP contribution in [-0.4, -0.2) is 40.9 Å². The van der Waals surface area contributed by atoms with Gasteiger partial charge in [-0.25, -0.2) is 0 Å². The molecule has 1 heterocycles. The van der Waals surface area contributed by atoms with Crippen LogP contribution in [0.25, 0.3) is 0 Å². The maximum absolute atomic E-state index is 11.6. The van der Waals surface area contributed by atoms with Gasteiger partial charge >= 0.3 is 5.97 Å². The van der Waals surface area contributed by atoms with E-state index in [0.29, 0.717) is 6.42 Å². The van der Waals surface area contributed by atoms with E-state index < -0.39 is 23.5 Å². The predicted molar refractivity (Wildman–Crippen MR) is 59.8 cm³/mol. The fourth-order valence-corrected chi connectivity index (χ4v) is 1.53.